The number of nitrogens with one attached hydrogen (secondary N) is 1. The van der Waals surface area contributed by atoms with Crippen LogP contribution in [0, 0.1) is 0 Å². The van der Waals surface area contributed by atoms with Gasteiger partial charge in [-0.05, 0) is 35.4 Å². The van der Waals surface area contributed by atoms with E-state index in [0.717, 1.165) is 38.4 Å². The second-order valence-corrected chi connectivity index (χ2v) is 6.58. The van der Waals surface area contributed by atoms with Crippen LogP contribution in [0.5, 0.6) is 0 Å². The summed E-state index contributed by atoms with van der Waals surface area (Å²) in [6, 6.07) is 12.9. The molecule has 4 rings (SSSR count). The van der Waals surface area contributed by atoms with E-state index in [9.17, 15) is 0 Å². The molecule has 25 heavy (non-hydrogen) atoms. The van der Waals surface area contributed by atoms with Crippen LogP contribution in [-0.2, 0) is 17.9 Å². The summed E-state index contributed by atoms with van der Waals surface area (Å²) in [5, 5.41) is 1.23. The van der Waals surface area contributed by atoms with Gasteiger partial charge in [0.05, 0.1) is 6.61 Å². The molecule has 0 unspecified atom stereocenters. The molecule has 3 heterocycles. The summed E-state index contributed by atoms with van der Waals surface area (Å²) in [7, 11) is 1.73. The van der Waals surface area contributed by atoms with Crippen LogP contribution in [-0.4, -0.2) is 48.2 Å². The van der Waals surface area contributed by atoms with Gasteiger partial charge in [0.15, 0.2) is 0 Å². The predicted molar refractivity (Wildman–Crippen MR) is 101 cm³/mol. The monoisotopic (exact) mass is 336 g/mol. The van der Waals surface area contributed by atoms with Crippen LogP contribution in [0.2, 0.25) is 0 Å². The third-order valence-corrected chi connectivity index (χ3v) is 4.92. The second-order valence-electron chi connectivity index (χ2n) is 6.58. The normalized spacial score (nSPS) is 15.8. The van der Waals surface area contributed by atoms with Gasteiger partial charge in [0.25, 0.3) is 0 Å². The molecule has 0 aliphatic carbocycles. The molecule has 5 nitrogen and oxygen atoms in total. The molecule has 130 valence electrons. The van der Waals surface area contributed by atoms with E-state index in [2.05, 4.69) is 56.3 Å². The Bertz CT molecular complexity index is 819. The highest BCUT2D eigenvalue weighted by Crippen LogP contribution is 2.21. The molecule has 0 amide bonds. The number of methoxy groups -OCH3 is 1. The highest BCUT2D eigenvalue weighted by atomic mass is 16.5. The molecule has 1 saturated heterocycles. The Morgan fingerprint density at radius 2 is 1.88 bits per heavy atom. The van der Waals surface area contributed by atoms with E-state index in [-0.39, 0.29) is 0 Å². The Morgan fingerprint density at radius 1 is 1.08 bits per heavy atom. The van der Waals surface area contributed by atoms with Crippen LogP contribution in [0.4, 0.5) is 5.69 Å². The molecule has 5 heteroatoms. The third-order valence-electron chi connectivity index (χ3n) is 4.92. The summed E-state index contributed by atoms with van der Waals surface area (Å²) in [4.78, 5) is 12.6. The smallest absolute Gasteiger partial charge is 0.137 e. The van der Waals surface area contributed by atoms with Crippen molar-refractivity contribution in [2.45, 2.75) is 13.2 Å². The highest BCUT2D eigenvalue weighted by Gasteiger charge is 2.18. The summed E-state index contributed by atoms with van der Waals surface area (Å²) >= 11 is 0. The molecule has 1 aromatic carbocycles. The molecule has 1 N–H and O–H groups in total. The van der Waals surface area contributed by atoms with Crippen molar-refractivity contribution in [3.63, 3.8) is 0 Å². The van der Waals surface area contributed by atoms with Crippen molar-refractivity contribution in [3.05, 3.63) is 59.9 Å². The van der Waals surface area contributed by atoms with Gasteiger partial charge in [0.2, 0.25) is 0 Å². The molecule has 1 aliphatic heterocycles. The fourth-order valence-corrected chi connectivity index (χ4v) is 3.52. The molecule has 0 bridgehead atoms. The highest BCUT2D eigenvalue weighted by molar-refractivity contribution is 5.79. The van der Waals surface area contributed by atoms with Crippen molar-refractivity contribution >= 4 is 16.7 Å². The predicted octanol–water partition coefficient (Wildman–Crippen LogP) is 3.03. The molecule has 0 radical (unpaired) electrons. The Hall–Kier alpha value is -2.37. The first-order valence-electron chi connectivity index (χ1n) is 8.79. The van der Waals surface area contributed by atoms with Gasteiger partial charge in [-0.1, -0.05) is 12.1 Å². The Balaban J connectivity index is 1.36. The fourth-order valence-electron chi connectivity index (χ4n) is 3.52. The number of ether oxygens (including phenoxy) is 1. The van der Waals surface area contributed by atoms with E-state index >= 15 is 0 Å². The van der Waals surface area contributed by atoms with Crippen LogP contribution >= 0.6 is 0 Å². The van der Waals surface area contributed by atoms with Gasteiger partial charge >= 0.3 is 0 Å². The number of anilines is 1. The fraction of sp³-hybridized carbons (Fsp3) is 0.350. The van der Waals surface area contributed by atoms with Crippen molar-refractivity contribution in [1.29, 1.82) is 0 Å². The first-order valence-corrected chi connectivity index (χ1v) is 8.79. The summed E-state index contributed by atoms with van der Waals surface area (Å²) < 4.78 is 5.18. The number of rotatable bonds is 5. The summed E-state index contributed by atoms with van der Waals surface area (Å²) in [6.45, 7) is 5.92. The van der Waals surface area contributed by atoms with Crippen LogP contribution in [0.25, 0.3) is 11.0 Å². The van der Waals surface area contributed by atoms with E-state index in [1.54, 1.807) is 7.11 Å². The maximum Gasteiger partial charge on any atom is 0.137 e. The Morgan fingerprint density at radius 3 is 2.64 bits per heavy atom. The Kier molecular flexibility index (Phi) is 4.68. The topological polar surface area (TPSA) is 44.4 Å². The van der Waals surface area contributed by atoms with Gasteiger partial charge in [0.1, 0.15) is 5.65 Å². The largest absolute Gasteiger partial charge is 0.380 e. The molecular formula is C20H24N4O. The van der Waals surface area contributed by atoms with Crippen molar-refractivity contribution < 1.29 is 4.74 Å². The quantitative estimate of drug-likeness (QED) is 0.778. The van der Waals surface area contributed by atoms with Crippen molar-refractivity contribution in [2.75, 3.05) is 38.2 Å². The average molecular weight is 336 g/mol. The zero-order valence-electron chi connectivity index (χ0n) is 14.6. The van der Waals surface area contributed by atoms with Gasteiger partial charge in [0, 0.05) is 63.3 Å². The number of nitrogens with zero attached hydrogens (tertiary/aromatic N) is 3. The maximum absolute atomic E-state index is 5.18. The minimum atomic E-state index is 0.674. The number of hydrogen-bond acceptors (Lipinski definition) is 4. The number of piperazine rings is 1. The van der Waals surface area contributed by atoms with Gasteiger partial charge in [-0.2, -0.15) is 0 Å². The molecule has 0 atom stereocenters. The third kappa shape index (κ3) is 3.52. The van der Waals surface area contributed by atoms with Crippen molar-refractivity contribution in [2.24, 2.45) is 0 Å². The van der Waals surface area contributed by atoms with Gasteiger partial charge in [-0.25, -0.2) is 4.98 Å². The first kappa shape index (κ1) is 16.1. The number of aromatic nitrogens is 2. The standard InChI is InChI=1S/C20H24N4O/c1-25-15-16-4-6-18(7-5-16)24-11-9-23(10-12-24)14-17-13-22-20-19(17)3-2-8-21-20/h2-8,13H,9-12,14-15H2,1H3,(H,21,22). The number of hydrogen-bond donors (Lipinski definition) is 1. The Labute approximate surface area is 148 Å². The maximum atomic E-state index is 5.18. The van der Waals surface area contributed by atoms with E-state index < -0.39 is 0 Å². The molecule has 0 saturated carbocycles. The summed E-state index contributed by atoms with van der Waals surface area (Å²) in [5.41, 5.74) is 4.83. The lowest BCUT2D eigenvalue weighted by molar-refractivity contribution is 0.185. The number of aromatic amines is 1. The van der Waals surface area contributed by atoms with Crippen LogP contribution in [0.3, 0.4) is 0 Å². The molecular weight excluding hydrogens is 312 g/mol. The first-order chi connectivity index (χ1) is 12.3. The molecule has 1 fully saturated rings. The van der Waals surface area contributed by atoms with E-state index in [4.69, 9.17) is 4.74 Å². The molecule has 0 spiro atoms. The molecule has 3 aromatic rings. The van der Waals surface area contributed by atoms with Crippen molar-refractivity contribution in [1.82, 2.24) is 14.9 Å². The van der Waals surface area contributed by atoms with E-state index in [1.807, 2.05) is 12.3 Å². The van der Waals surface area contributed by atoms with Crippen LogP contribution in [0.15, 0.2) is 48.8 Å². The average Bonchev–Trinajstić information content (AvgIpc) is 3.07. The molecule has 1 aliphatic rings. The zero-order chi connectivity index (χ0) is 17.1. The van der Waals surface area contributed by atoms with Gasteiger partial charge < -0.3 is 14.6 Å². The number of H-pyrrole nitrogens is 1. The molecule has 2 aromatic heterocycles. The van der Waals surface area contributed by atoms with Crippen LogP contribution < -0.4 is 4.90 Å². The lowest BCUT2D eigenvalue weighted by Gasteiger charge is -2.36. The van der Waals surface area contributed by atoms with Crippen LogP contribution in [0.1, 0.15) is 11.1 Å². The lowest BCUT2D eigenvalue weighted by atomic mass is 10.1. The number of fused-ring (bicyclic) bond motifs is 1. The zero-order valence-corrected chi connectivity index (χ0v) is 14.6. The van der Waals surface area contributed by atoms with E-state index in [0.29, 0.717) is 6.61 Å². The number of pyridine rings is 1. The lowest BCUT2D eigenvalue weighted by Crippen LogP contribution is -2.45. The minimum absolute atomic E-state index is 0.674. The van der Waals surface area contributed by atoms with Crippen molar-refractivity contribution in [3.8, 4) is 0 Å². The summed E-state index contributed by atoms with van der Waals surface area (Å²) in [6.07, 6.45) is 3.93. The summed E-state index contributed by atoms with van der Waals surface area (Å²) in [5.74, 6) is 0. The minimum Gasteiger partial charge on any atom is -0.380 e. The second kappa shape index (κ2) is 7.25. The SMILES string of the molecule is COCc1ccc(N2CCN(Cc3c[nH]c4ncccc34)CC2)cc1. The van der Waals surface area contributed by atoms with E-state index in [1.165, 1.54) is 22.2 Å². The number of benzene rings is 1. The van der Waals surface area contributed by atoms with Gasteiger partial charge in [-0.15, -0.1) is 0 Å². The van der Waals surface area contributed by atoms with Gasteiger partial charge in [-0.3, -0.25) is 4.90 Å².